The molecule has 20 heavy (non-hydrogen) atoms. The van der Waals surface area contributed by atoms with Crippen LogP contribution >= 0.6 is 0 Å². The van der Waals surface area contributed by atoms with Gasteiger partial charge in [-0.05, 0) is 48.9 Å². The fourth-order valence-electron chi connectivity index (χ4n) is 1.78. The summed E-state index contributed by atoms with van der Waals surface area (Å²) in [7, 11) is 1.59. The number of methoxy groups -OCH3 is 1. The first-order valence-electron chi connectivity index (χ1n) is 6.05. The first-order chi connectivity index (χ1) is 9.51. The van der Waals surface area contributed by atoms with E-state index < -0.39 is 0 Å². The van der Waals surface area contributed by atoms with Crippen LogP contribution in [0.4, 0.5) is 11.4 Å². The van der Waals surface area contributed by atoms with E-state index in [2.05, 4.69) is 5.32 Å². The van der Waals surface area contributed by atoms with Crippen LogP contribution in [-0.4, -0.2) is 18.1 Å². The second-order valence-corrected chi connectivity index (χ2v) is 4.41. The monoisotopic (exact) mass is 272 g/mol. The van der Waals surface area contributed by atoms with E-state index in [4.69, 9.17) is 10.5 Å². The molecule has 0 saturated heterocycles. The normalized spacial score (nSPS) is 10.1. The summed E-state index contributed by atoms with van der Waals surface area (Å²) >= 11 is 0. The number of nitrogens with one attached hydrogen (secondary N) is 1. The molecule has 0 fully saturated rings. The Bertz CT molecular complexity index is 654. The molecule has 104 valence electrons. The van der Waals surface area contributed by atoms with Gasteiger partial charge >= 0.3 is 0 Å². The van der Waals surface area contributed by atoms with Gasteiger partial charge in [-0.25, -0.2) is 0 Å². The minimum absolute atomic E-state index is 0.107. The highest BCUT2D eigenvalue weighted by atomic mass is 16.5. The molecule has 0 bridgehead atoms. The summed E-state index contributed by atoms with van der Waals surface area (Å²) in [6, 6.07) is 9.75. The van der Waals surface area contributed by atoms with Crippen molar-refractivity contribution in [3.05, 3.63) is 47.5 Å². The lowest BCUT2D eigenvalue weighted by molar-refractivity contribution is 0.102. The third-order valence-electron chi connectivity index (χ3n) is 2.97. The number of phenols is 1. The number of anilines is 2. The van der Waals surface area contributed by atoms with Crippen LogP contribution in [0, 0.1) is 6.92 Å². The first kappa shape index (κ1) is 13.7. The van der Waals surface area contributed by atoms with Gasteiger partial charge in [0.25, 0.3) is 5.91 Å². The fourth-order valence-corrected chi connectivity index (χ4v) is 1.78. The number of carbonyl (C=O) groups is 1. The van der Waals surface area contributed by atoms with E-state index in [1.807, 2.05) is 13.0 Å². The van der Waals surface area contributed by atoms with E-state index in [-0.39, 0.29) is 17.3 Å². The van der Waals surface area contributed by atoms with E-state index in [0.717, 1.165) is 11.3 Å². The molecule has 2 aromatic carbocycles. The largest absolute Gasteiger partial charge is 0.506 e. The van der Waals surface area contributed by atoms with Gasteiger partial charge in [-0.2, -0.15) is 0 Å². The molecule has 5 nitrogen and oxygen atoms in total. The molecule has 0 aliphatic heterocycles. The van der Waals surface area contributed by atoms with Crippen molar-refractivity contribution in [1.29, 1.82) is 0 Å². The standard InChI is InChI=1S/C15H16N2O3/c1-9-7-11(20-2)4-6-13(9)17-15(19)10-3-5-12(16)14(18)8-10/h3-8,18H,16H2,1-2H3,(H,17,19). The van der Waals surface area contributed by atoms with Crippen LogP contribution in [-0.2, 0) is 0 Å². The quantitative estimate of drug-likeness (QED) is 0.592. The number of ether oxygens (including phenoxy) is 1. The van der Waals surface area contributed by atoms with Gasteiger partial charge < -0.3 is 20.9 Å². The number of benzene rings is 2. The number of carbonyl (C=O) groups excluding carboxylic acids is 1. The van der Waals surface area contributed by atoms with Gasteiger partial charge in [0.05, 0.1) is 12.8 Å². The predicted molar refractivity (Wildman–Crippen MR) is 78.2 cm³/mol. The van der Waals surface area contributed by atoms with Crippen LogP contribution in [0.2, 0.25) is 0 Å². The second kappa shape index (κ2) is 5.52. The van der Waals surface area contributed by atoms with Crippen molar-refractivity contribution in [3.8, 4) is 11.5 Å². The number of rotatable bonds is 3. The molecular formula is C15H16N2O3. The summed E-state index contributed by atoms with van der Waals surface area (Å²) in [5.74, 6) is 0.309. The maximum Gasteiger partial charge on any atom is 0.255 e. The second-order valence-electron chi connectivity index (χ2n) is 4.41. The molecule has 0 aliphatic carbocycles. The van der Waals surface area contributed by atoms with Crippen molar-refractivity contribution < 1.29 is 14.6 Å². The number of hydrogen-bond donors (Lipinski definition) is 3. The van der Waals surface area contributed by atoms with Crippen LogP contribution in [0.25, 0.3) is 0 Å². The maximum atomic E-state index is 12.1. The summed E-state index contributed by atoms with van der Waals surface area (Å²) in [6.07, 6.45) is 0. The summed E-state index contributed by atoms with van der Waals surface area (Å²) in [5, 5.41) is 12.3. The summed E-state index contributed by atoms with van der Waals surface area (Å²) in [4.78, 5) is 12.1. The summed E-state index contributed by atoms with van der Waals surface area (Å²) in [6.45, 7) is 1.87. The van der Waals surface area contributed by atoms with Gasteiger partial charge in [0.15, 0.2) is 0 Å². The molecule has 1 amide bonds. The lowest BCUT2D eigenvalue weighted by Gasteiger charge is -2.10. The third kappa shape index (κ3) is 2.83. The van der Waals surface area contributed by atoms with Crippen LogP contribution < -0.4 is 15.8 Å². The average Bonchev–Trinajstić information content (AvgIpc) is 2.43. The topological polar surface area (TPSA) is 84.6 Å². The van der Waals surface area contributed by atoms with Gasteiger partial charge in [-0.1, -0.05) is 0 Å². The van der Waals surface area contributed by atoms with E-state index >= 15 is 0 Å². The van der Waals surface area contributed by atoms with E-state index in [0.29, 0.717) is 11.3 Å². The number of aromatic hydroxyl groups is 1. The number of hydrogen-bond acceptors (Lipinski definition) is 4. The molecule has 0 radical (unpaired) electrons. The van der Waals surface area contributed by atoms with Gasteiger partial charge in [0.2, 0.25) is 0 Å². The van der Waals surface area contributed by atoms with Gasteiger partial charge in [-0.15, -0.1) is 0 Å². The lowest BCUT2D eigenvalue weighted by atomic mass is 10.1. The van der Waals surface area contributed by atoms with Crippen molar-refractivity contribution in [2.45, 2.75) is 6.92 Å². The van der Waals surface area contributed by atoms with Crippen molar-refractivity contribution in [3.63, 3.8) is 0 Å². The summed E-state index contributed by atoms with van der Waals surface area (Å²) < 4.78 is 5.11. The van der Waals surface area contributed by atoms with Crippen LogP contribution in [0.15, 0.2) is 36.4 Å². The number of phenolic OH excluding ortho intramolecular Hbond substituents is 1. The molecule has 0 atom stereocenters. The molecule has 2 rings (SSSR count). The molecule has 0 unspecified atom stereocenters. The smallest absolute Gasteiger partial charge is 0.255 e. The highest BCUT2D eigenvalue weighted by Crippen LogP contribution is 2.24. The van der Waals surface area contributed by atoms with Crippen molar-refractivity contribution in [1.82, 2.24) is 0 Å². The number of nitrogens with two attached hydrogens (primary N) is 1. The Morgan fingerprint density at radius 3 is 2.60 bits per heavy atom. The van der Waals surface area contributed by atoms with E-state index in [9.17, 15) is 9.90 Å². The summed E-state index contributed by atoms with van der Waals surface area (Å²) in [5.41, 5.74) is 7.65. The predicted octanol–water partition coefficient (Wildman–Crippen LogP) is 2.54. The minimum Gasteiger partial charge on any atom is -0.506 e. The number of amides is 1. The molecule has 0 aromatic heterocycles. The van der Waals surface area contributed by atoms with Gasteiger partial charge in [0.1, 0.15) is 11.5 Å². The average molecular weight is 272 g/mol. The molecule has 0 spiro atoms. The van der Waals surface area contributed by atoms with Crippen LogP contribution in [0.3, 0.4) is 0 Å². The fraction of sp³-hybridized carbons (Fsp3) is 0.133. The van der Waals surface area contributed by atoms with Crippen molar-refractivity contribution in [2.75, 3.05) is 18.2 Å². The zero-order chi connectivity index (χ0) is 14.7. The zero-order valence-electron chi connectivity index (χ0n) is 11.3. The minimum atomic E-state index is -0.312. The molecule has 0 saturated carbocycles. The maximum absolute atomic E-state index is 12.1. The molecule has 4 N–H and O–H groups in total. The number of aryl methyl sites for hydroxylation is 1. The highest BCUT2D eigenvalue weighted by molar-refractivity contribution is 6.05. The SMILES string of the molecule is COc1ccc(NC(=O)c2ccc(N)c(O)c2)c(C)c1. The van der Waals surface area contributed by atoms with E-state index in [1.165, 1.54) is 12.1 Å². The first-order valence-corrected chi connectivity index (χ1v) is 6.05. The molecular weight excluding hydrogens is 256 g/mol. The van der Waals surface area contributed by atoms with Gasteiger partial charge in [-0.3, -0.25) is 4.79 Å². The number of nitrogen functional groups attached to an aromatic ring is 1. The van der Waals surface area contributed by atoms with Gasteiger partial charge in [0, 0.05) is 11.3 Å². The Morgan fingerprint density at radius 1 is 1.25 bits per heavy atom. The molecule has 0 aliphatic rings. The Hall–Kier alpha value is -2.69. The lowest BCUT2D eigenvalue weighted by Crippen LogP contribution is -2.12. The third-order valence-corrected chi connectivity index (χ3v) is 2.97. The van der Waals surface area contributed by atoms with Crippen molar-refractivity contribution in [2.24, 2.45) is 0 Å². The Balaban J connectivity index is 2.21. The van der Waals surface area contributed by atoms with Crippen LogP contribution in [0.5, 0.6) is 11.5 Å². The highest BCUT2D eigenvalue weighted by Gasteiger charge is 2.10. The van der Waals surface area contributed by atoms with E-state index in [1.54, 1.807) is 25.3 Å². The Kier molecular flexibility index (Phi) is 3.79. The Morgan fingerprint density at radius 2 is 2.00 bits per heavy atom. The van der Waals surface area contributed by atoms with Crippen LogP contribution in [0.1, 0.15) is 15.9 Å². The molecule has 5 heteroatoms. The van der Waals surface area contributed by atoms with Crippen molar-refractivity contribution >= 4 is 17.3 Å². The molecule has 0 heterocycles. The Labute approximate surface area is 117 Å². The zero-order valence-corrected chi connectivity index (χ0v) is 11.3. The molecule has 2 aromatic rings.